The van der Waals surface area contributed by atoms with Crippen LogP contribution in [0.4, 0.5) is 5.69 Å². The van der Waals surface area contributed by atoms with Crippen LogP contribution in [-0.4, -0.2) is 27.6 Å². The summed E-state index contributed by atoms with van der Waals surface area (Å²) in [6.45, 7) is 5.95. The third-order valence-corrected chi connectivity index (χ3v) is 5.66. The molecule has 1 amide bonds. The van der Waals surface area contributed by atoms with E-state index in [2.05, 4.69) is 5.32 Å². The Labute approximate surface area is 183 Å². The van der Waals surface area contributed by atoms with Crippen LogP contribution in [-0.2, 0) is 22.6 Å². The molecule has 2 aromatic heterocycles. The van der Waals surface area contributed by atoms with E-state index < -0.39 is 17.6 Å². The molecule has 0 aliphatic heterocycles. The molecule has 0 atom stereocenters. The average Bonchev–Trinajstić information content (AvgIpc) is 3.21. The zero-order valence-electron chi connectivity index (χ0n) is 17.7. The number of ether oxygens (including phenoxy) is 1. The van der Waals surface area contributed by atoms with Gasteiger partial charge in [-0.1, -0.05) is 26.0 Å². The van der Waals surface area contributed by atoms with Crippen molar-refractivity contribution in [1.29, 1.82) is 0 Å². The number of fused-ring (bicyclic) bond motifs is 1. The van der Waals surface area contributed by atoms with Crippen molar-refractivity contribution in [3.63, 3.8) is 0 Å². The van der Waals surface area contributed by atoms with E-state index in [4.69, 9.17) is 4.74 Å². The van der Waals surface area contributed by atoms with Crippen molar-refractivity contribution >= 4 is 39.1 Å². The number of benzene rings is 1. The largest absolute Gasteiger partial charge is 0.462 e. The number of nitrogens with one attached hydrogen (secondary N) is 1. The highest BCUT2D eigenvalue weighted by atomic mass is 32.1. The number of amides is 1. The normalized spacial score (nSPS) is 11.1. The minimum atomic E-state index is -0.543. The second-order valence-corrected chi connectivity index (χ2v) is 8.37. The lowest BCUT2D eigenvalue weighted by atomic mass is 10.1. The predicted octanol–water partition coefficient (Wildman–Crippen LogP) is 3.09. The Morgan fingerprint density at radius 2 is 1.87 bits per heavy atom. The second kappa shape index (κ2) is 9.74. The number of hydrogen-bond donors (Lipinski definition) is 1. The third-order valence-electron chi connectivity index (χ3n) is 4.76. The van der Waals surface area contributed by atoms with Crippen molar-refractivity contribution < 1.29 is 14.3 Å². The van der Waals surface area contributed by atoms with Gasteiger partial charge in [0.1, 0.15) is 11.2 Å². The Morgan fingerprint density at radius 1 is 1.13 bits per heavy atom. The summed E-state index contributed by atoms with van der Waals surface area (Å²) in [5.74, 6) is -0.708. The van der Waals surface area contributed by atoms with Gasteiger partial charge in [-0.05, 0) is 42.8 Å². The predicted molar refractivity (Wildman–Crippen MR) is 121 cm³/mol. The summed E-state index contributed by atoms with van der Waals surface area (Å²) in [7, 11) is 0. The minimum Gasteiger partial charge on any atom is -0.462 e. The Balaban J connectivity index is 1.93. The highest BCUT2D eigenvalue weighted by molar-refractivity contribution is 7.17. The summed E-state index contributed by atoms with van der Waals surface area (Å²) in [5.41, 5.74) is 0.0984. The lowest BCUT2D eigenvalue weighted by Crippen LogP contribution is -2.41. The summed E-state index contributed by atoms with van der Waals surface area (Å²) < 4.78 is 7.96. The Hall–Kier alpha value is -3.20. The van der Waals surface area contributed by atoms with E-state index in [9.17, 15) is 19.2 Å². The molecule has 0 spiro atoms. The van der Waals surface area contributed by atoms with E-state index in [1.807, 2.05) is 13.8 Å². The Bertz CT molecular complexity index is 1220. The number of anilines is 1. The first-order chi connectivity index (χ1) is 14.8. The van der Waals surface area contributed by atoms with Crippen LogP contribution < -0.4 is 16.6 Å². The highest BCUT2D eigenvalue weighted by Gasteiger charge is 2.18. The maximum absolute atomic E-state index is 13.0. The number of hydrogen-bond acceptors (Lipinski definition) is 6. The fraction of sp³-hybridized carbons (Fsp3) is 0.364. The van der Waals surface area contributed by atoms with Crippen LogP contribution in [0, 0.1) is 5.92 Å². The van der Waals surface area contributed by atoms with E-state index >= 15 is 0 Å². The summed E-state index contributed by atoms with van der Waals surface area (Å²) in [5, 5.41) is 4.41. The number of esters is 1. The lowest BCUT2D eigenvalue weighted by Gasteiger charge is -2.14. The van der Waals surface area contributed by atoms with Crippen LogP contribution in [0.25, 0.3) is 10.2 Å². The summed E-state index contributed by atoms with van der Waals surface area (Å²) >= 11 is 1.24. The minimum absolute atomic E-state index is 0.213. The molecule has 0 radical (unpaired) electrons. The number of thiophene rings is 1. The zero-order chi connectivity index (χ0) is 22.5. The molecular formula is C22H25N3O5S. The number of carbonyl (C=O) groups is 2. The van der Waals surface area contributed by atoms with Gasteiger partial charge in [0.05, 0.1) is 23.4 Å². The first-order valence-corrected chi connectivity index (χ1v) is 11.0. The molecule has 0 unspecified atom stereocenters. The zero-order valence-corrected chi connectivity index (χ0v) is 18.5. The van der Waals surface area contributed by atoms with Gasteiger partial charge in [0.15, 0.2) is 0 Å². The van der Waals surface area contributed by atoms with E-state index in [-0.39, 0.29) is 30.8 Å². The molecule has 164 valence electrons. The SMILES string of the molecule is CCOC(=O)c1ccccc1NC(=O)Cn1c(=O)n(CCC(C)C)c(=O)c2sccc21. The highest BCUT2D eigenvalue weighted by Crippen LogP contribution is 2.18. The van der Waals surface area contributed by atoms with Gasteiger partial charge in [0.2, 0.25) is 5.91 Å². The number of aromatic nitrogens is 2. The van der Waals surface area contributed by atoms with Crippen molar-refractivity contribution in [3.05, 3.63) is 62.1 Å². The van der Waals surface area contributed by atoms with E-state index in [0.29, 0.717) is 28.2 Å². The molecular weight excluding hydrogens is 418 g/mol. The van der Waals surface area contributed by atoms with Gasteiger partial charge in [-0.15, -0.1) is 11.3 Å². The van der Waals surface area contributed by atoms with E-state index in [1.54, 1.807) is 42.6 Å². The molecule has 0 fully saturated rings. The van der Waals surface area contributed by atoms with Crippen LogP contribution in [0.1, 0.15) is 37.6 Å². The molecule has 31 heavy (non-hydrogen) atoms. The van der Waals surface area contributed by atoms with Crippen LogP contribution in [0.2, 0.25) is 0 Å². The number of nitrogens with zero attached hydrogens (tertiary/aromatic N) is 2. The Kier molecular flexibility index (Phi) is 7.06. The summed E-state index contributed by atoms with van der Waals surface area (Å²) in [6.07, 6.45) is 0.672. The average molecular weight is 444 g/mol. The first kappa shape index (κ1) is 22.5. The van der Waals surface area contributed by atoms with Gasteiger partial charge in [0.25, 0.3) is 5.56 Å². The number of carbonyl (C=O) groups excluding carboxylic acids is 2. The Morgan fingerprint density at radius 3 is 2.58 bits per heavy atom. The van der Waals surface area contributed by atoms with Crippen LogP contribution in [0.15, 0.2) is 45.3 Å². The maximum Gasteiger partial charge on any atom is 0.340 e. The molecule has 0 saturated carbocycles. The molecule has 3 aromatic rings. The van der Waals surface area contributed by atoms with Crippen molar-refractivity contribution in [1.82, 2.24) is 9.13 Å². The van der Waals surface area contributed by atoms with Crippen molar-refractivity contribution in [2.24, 2.45) is 5.92 Å². The summed E-state index contributed by atoms with van der Waals surface area (Å²) in [6, 6.07) is 8.18. The quantitative estimate of drug-likeness (QED) is 0.540. The molecule has 1 N–H and O–H groups in total. The van der Waals surface area contributed by atoms with Crippen molar-refractivity contribution in [3.8, 4) is 0 Å². The first-order valence-electron chi connectivity index (χ1n) is 10.1. The monoisotopic (exact) mass is 443 g/mol. The van der Waals surface area contributed by atoms with Gasteiger partial charge in [0, 0.05) is 6.54 Å². The molecule has 8 nitrogen and oxygen atoms in total. The fourth-order valence-corrected chi connectivity index (χ4v) is 4.03. The fourth-order valence-electron chi connectivity index (χ4n) is 3.18. The molecule has 0 aliphatic rings. The smallest absolute Gasteiger partial charge is 0.340 e. The number of para-hydroxylation sites is 1. The molecule has 9 heteroatoms. The molecule has 2 heterocycles. The third kappa shape index (κ3) is 4.93. The lowest BCUT2D eigenvalue weighted by molar-refractivity contribution is -0.116. The standard InChI is InChI=1S/C22H25N3O5S/c1-4-30-21(28)15-7-5-6-8-16(15)23-18(26)13-25-17-10-12-31-19(17)20(27)24(22(25)29)11-9-14(2)3/h5-8,10,12,14H,4,9,11,13H2,1-3H3,(H,23,26). The topological polar surface area (TPSA) is 99.4 Å². The molecule has 0 saturated heterocycles. The van der Waals surface area contributed by atoms with Crippen LogP contribution >= 0.6 is 11.3 Å². The van der Waals surface area contributed by atoms with E-state index in [1.165, 1.54) is 20.5 Å². The van der Waals surface area contributed by atoms with Gasteiger partial charge in [-0.2, -0.15) is 0 Å². The number of rotatable bonds is 8. The van der Waals surface area contributed by atoms with Gasteiger partial charge in [-0.25, -0.2) is 9.59 Å². The molecule has 0 aliphatic carbocycles. The summed E-state index contributed by atoms with van der Waals surface area (Å²) in [4.78, 5) is 50.7. The second-order valence-electron chi connectivity index (χ2n) is 7.46. The van der Waals surface area contributed by atoms with Crippen LogP contribution in [0.3, 0.4) is 0 Å². The van der Waals surface area contributed by atoms with Crippen LogP contribution in [0.5, 0.6) is 0 Å². The maximum atomic E-state index is 13.0. The molecule has 3 rings (SSSR count). The molecule has 1 aromatic carbocycles. The van der Waals surface area contributed by atoms with Gasteiger partial charge >= 0.3 is 11.7 Å². The van der Waals surface area contributed by atoms with E-state index in [0.717, 1.165) is 0 Å². The van der Waals surface area contributed by atoms with Gasteiger partial charge < -0.3 is 10.1 Å². The van der Waals surface area contributed by atoms with Gasteiger partial charge in [-0.3, -0.25) is 18.7 Å². The molecule has 0 bridgehead atoms. The van der Waals surface area contributed by atoms with Crippen molar-refractivity contribution in [2.75, 3.05) is 11.9 Å². The van der Waals surface area contributed by atoms with Crippen molar-refractivity contribution in [2.45, 2.75) is 40.3 Å².